The minimum atomic E-state index is -0.335. The van der Waals surface area contributed by atoms with Crippen molar-refractivity contribution in [2.24, 2.45) is 0 Å². The highest BCUT2D eigenvalue weighted by Crippen LogP contribution is 2.29. The van der Waals surface area contributed by atoms with Gasteiger partial charge in [0.2, 0.25) is 0 Å². The molecule has 4 aromatic rings. The molecular weight excluding hydrogens is 366 g/mol. The predicted molar refractivity (Wildman–Crippen MR) is 115 cm³/mol. The molecule has 0 unspecified atom stereocenters. The molecule has 0 aliphatic carbocycles. The van der Waals surface area contributed by atoms with E-state index in [1.54, 1.807) is 20.3 Å². The average Bonchev–Trinajstić information content (AvgIpc) is 2.73. The van der Waals surface area contributed by atoms with Gasteiger partial charge in [-0.25, -0.2) is 4.79 Å². The smallest absolute Gasteiger partial charge is 0.336 e. The number of benzene rings is 3. The second-order valence-electron chi connectivity index (χ2n) is 7.10. The maximum absolute atomic E-state index is 12.1. The van der Waals surface area contributed by atoms with E-state index in [1.807, 2.05) is 49.5 Å². The Hall–Kier alpha value is -3.31. The predicted octanol–water partition coefficient (Wildman–Crippen LogP) is 4.60. The summed E-state index contributed by atoms with van der Waals surface area (Å²) in [5.41, 5.74) is 2.27. The number of methoxy groups -OCH3 is 2. The van der Waals surface area contributed by atoms with Gasteiger partial charge >= 0.3 is 5.63 Å². The highest BCUT2D eigenvalue weighted by atomic mass is 16.5. The highest BCUT2D eigenvalue weighted by Gasteiger charge is 2.13. The third-order valence-corrected chi connectivity index (χ3v) is 5.09. The van der Waals surface area contributed by atoms with Crippen LogP contribution in [-0.4, -0.2) is 26.2 Å². The SMILES string of the molecule is COc1ccc(CN(C)Cc2cc(=O)oc3ccc4ccccc4c23)c(OC)c1. The number of hydrogen-bond acceptors (Lipinski definition) is 5. The summed E-state index contributed by atoms with van der Waals surface area (Å²) in [5.74, 6) is 1.53. The molecule has 1 aromatic heterocycles. The number of ether oxygens (including phenoxy) is 2. The van der Waals surface area contributed by atoms with Gasteiger partial charge in [0.25, 0.3) is 0 Å². The lowest BCUT2D eigenvalue weighted by atomic mass is 10.0. The third-order valence-electron chi connectivity index (χ3n) is 5.09. The summed E-state index contributed by atoms with van der Waals surface area (Å²) in [6.45, 7) is 1.27. The van der Waals surface area contributed by atoms with Gasteiger partial charge in [-0.2, -0.15) is 0 Å². The standard InChI is InChI=1S/C24H23NO4/c1-25(14-17-8-10-19(27-2)13-22(17)28-3)15-18-12-23(26)29-21-11-9-16-6-4-5-7-20(16)24(18)21/h4-13H,14-15H2,1-3H3. The minimum Gasteiger partial charge on any atom is -0.497 e. The van der Waals surface area contributed by atoms with Gasteiger partial charge in [-0.1, -0.05) is 36.4 Å². The molecular formula is C24H23NO4. The van der Waals surface area contributed by atoms with E-state index in [0.717, 1.165) is 38.8 Å². The summed E-state index contributed by atoms with van der Waals surface area (Å²) >= 11 is 0. The molecule has 0 bridgehead atoms. The Kier molecular flexibility index (Phi) is 5.23. The Bertz CT molecular complexity index is 1230. The van der Waals surface area contributed by atoms with Crippen molar-refractivity contribution in [3.63, 3.8) is 0 Å². The van der Waals surface area contributed by atoms with E-state index in [0.29, 0.717) is 18.7 Å². The zero-order valence-corrected chi connectivity index (χ0v) is 16.8. The van der Waals surface area contributed by atoms with Crippen LogP contribution in [0, 0.1) is 0 Å². The minimum absolute atomic E-state index is 0.335. The Morgan fingerprint density at radius 1 is 0.897 bits per heavy atom. The van der Waals surface area contributed by atoms with Gasteiger partial charge in [-0.05, 0) is 35.5 Å². The number of hydrogen-bond donors (Lipinski definition) is 0. The molecule has 3 aromatic carbocycles. The van der Waals surface area contributed by atoms with E-state index in [1.165, 1.54) is 0 Å². The number of fused-ring (bicyclic) bond motifs is 3. The van der Waals surface area contributed by atoms with Gasteiger partial charge in [0, 0.05) is 36.2 Å². The maximum atomic E-state index is 12.1. The van der Waals surface area contributed by atoms with E-state index >= 15 is 0 Å². The van der Waals surface area contributed by atoms with Crippen LogP contribution in [0.1, 0.15) is 11.1 Å². The number of rotatable bonds is 6. The summed E-state index contributed by atoms with van der Waals surface area (Å²) in [6, 6.07) is 19.4. The Morgan fingerprint density at radius 2 is 1.69 bits per heavy atom. The van der Waals surface area contributed by atoms with Crippen LogP contribution in [0.3, 0.4) is 0 Å². The average molecular weight is 389 g/mol. The molecule has 148 valence electrons. The fourth-order valence-corrected chi connectivity index (χ4v) is 3.76. The van der Waals surface area contributed by atoms with Gasteiger partial charge in [0.05, 0.1) is 14.2 Å². The van der Waals surface area contributed by atoms with Gasteiger partial charge < -0.3 is 13.9 Å². The van der Waals surface area contributed by atoms with Crippen LogP contribution >= 0.6 is 0 Å². The van der Waals surface area contributed by atoms with E-state index in [2.05, 4.69) is 17.0 Å². The first kappa shape index (κ1) is 19.0. The van der Waals surface area contributed by atoms with Crippen molar-refractivity contribution in [2.75, 3.05) is 21.3 Å². The van der Waals surface area contributed by atoms with Crippen LogP contribution < -0.4 is 15.1 Å². The zero-order chi connectivity index (χ0) is 20.4. The molecule has 0 radical (unpaired) electrons. The number of nitrogens with zero attached hydrogens (tertiary/aromatic N) is 1. The van der Waals surface area contributed by atoms with Gasteiger partial charge in [0.1, 0.15) is 17.1 Å². The maximum Gasteiger partial charge on any atom is 0.336 e. The van der Waals surface area contributed by atoms with Crippen LogP contribution in [0.15, 0.2) is 69.9 Å². The molecule has 1 heterocycles. The van der Waals surface area contributed by atoms with Crippen molar-refractivity contribution in [3.8, 4) is 11.5 Å². The Morgan fingerprint density at radius 3 is 2.48 bits per heavy atom. The monoisotopic (exact) mass is 389 g/mol. The van der Waals surface area contributed by atoms with Gasteiger partial charge in [-0.3, -0.25) is 4.90 Å². The van der Waals surface area contributed by atoms with Crippen LogP contribution in [-0.2, 0) is 13.1 Å². The van der Waals surface area contributed by atoms with Crippen LogP contribution in [0.2, 0.25) is 0 Å². The van der Waals surface area contributed by atoms with Crippen LogP contribution in [0.4, 0.5) is 0 Å². The molecule has 0 aliphatic heterocycles. The molecule has 0 saturated carbocycles. The lowest BCUT2D eigenvalue weighted by molar-refractivity contribution is 0.309. The van der Waals surface area contributed by atoms with Crippen molar-refractivity contribution >= 4 is 21.7 Å². The quantitative estimate of drug-likeness (QED) is 0.356. The molecule has 0 N–H and O–H groups in total. The van der Waals surface area contributed by atoms with Gasteiger partial charge in [0.15, 0.2) is 0 Å². The molecule has 5 heteroatoms. The fourth-order valence-electron chi connectivity index (χ4n) is 3.76. The summed E-state index contributed by atoms with van der Waals surface area (Å²) in [6.07, 6.45) is 0. The first-order valence-corrected chi connectivity index (χ1v) is 9.43. The topological polar surface area (TPSA) is 51.9 Å². The molecule has 5 nitrogen and oxygen atoms in total. The Balaban J connectivity index is 1.71. The van der Waals surface area contributed by atoms with Crippen molar-refractivity contribution in [3.05, 3.63) is 82.2 Å². The largest absolute Gasteiger partial charge is 0.497 e. The Labute approximate surface area is 169 Å². The zero-order valence-electron chi connectivity index (χ0n) is 16.8. The summed E-state index contributed by atoms with van der Waals surface area (Å²) in [4.78, 5) is 14.3. The normalized spacial score (nSPS) is 11.3. The van der Waals surface area contributed by atoms with Crippen molar-refractivity contribution in [2.45, 2.75) is 13.1 Å². The second-order valence-corrected chi connectivity index (χ2v) is 7.10. The second kappa shape index (κ2) is 7.97. The molecule has 0 fully saturated rings. The lowest BCUT2D eigenvalue weighted by Crippen LogP contribution is -2.19. The van der Waals surface area contributed by atoms with Crippen molar-refractivity contribution < 1.29 is 13.9 Å². The van der Waals surface area contributed by atoms with Crippen molar-refractivity contribution in [1.82, 2.24) is 4.90 Å². The van der Waals surface area contributed by atoms with Crippen LogP contribution in [0.5, 0.6) is 11.5 Å². The van der Waals surface area contributed by atoms with E-state index in [9.17, 15) is 4.79 Å². The molecule has 29 heavy (non-hydrogen) atoms. The summed E-state index contributed by atoms with van der Waals surface area (Å²) < 4.78 is 16.3. The van der Waals surface area contributed by atoms with E-state index in [-0.39, 0.29) is 5.63 Å². The van der Waals surface area contributed by atoms with Gasteiger partial charge in [-0.15, -0.1) is 0 Å². The van der Waals surface area contributed by atoms with Crippen LogP contribution in [0.25, 0.3) is 21.7 Å². The third kappa shape index (κ3) is 3.82. The molecule has 0 amide bonds. The van der Waals surface area contributed by atoms with E-state index in [4.69, 9.17) is 13.9 Å². The molecule has 4 rings (SSSR count). The summed E-state index contributed by atoms with van der Waals surface area (Å²) in [5, 5.41) is 3.19. The molecule has 0 atom stereocenters. The van der Waals surface area contributed by atoms with E-state index < -0.39 is 0 Å². The summed E-state index contributed by atoms with van der Waals surface area (Å²) in [7, 11) is 5.31. The lowest BCUT2D eigenvalue weighted by Gasteiger charge is -2.20. The first-order chi connectivity index (χ1) is 14.1. The molecule has 0 spiro atoms. The highest BCUT2D eigenvalue weighted by molar-refractivity contribution is 6.07. The fraction of sp³-hybridized carbons (Fsp3) is 0.208. The molecule has 0 aliphatic rings. The first-order valence-electron chi connectivity index (χ1n) is 9.43. The van der Waals surface area contributed by atoms with Crippen molar-refractivity contribution in [1.29, 1.82) is 0 Å². The molecule has 0 saturated heterocycles.